The van der Waals surface area contributed by atoms with Gasteiger partial charge in [-0.3, -0.25) is 0 Å². The zero-order valence-corrected chi connectivity index (χ0v) is 18.1. The minimum absolute atomic E-state index is 0.634. The highest BCUT2D eigenvalue weighted by Gasteiger charge is 2.09. The van der Waals surface area contributed by atoms with E-state index in [-0.39, 0.29) is 0 Å². The Balaban J connectivity index is 2.01. The molecule has 0 saturated heterocycles. The standard InChI is InChI=1S/C23H33BrO2/c1-4-6-8-15-25-22-13-14-23(21-17-18(3)11-12-20(21)22)26-16-9-7-10-19(24)5-2/h11-14,17,19H,4-10,15-16H2,1-3H3. The van der Waals surface area contributed by atoms with Gasteiger partial charge in [-0.05, 0) is 57.2 Å². The third-order valence-electron chi connectivity index (χ3n) is 4.71. The van der Waals surface area contributed by atoms with Crippen LogP contribution in [-0.4, -0.2) is 18.0 Å². The van der Waals surface area contributed by atoms with Crippen molar-refractivity contribution in [2.45, 2.75) is 70.5 Å². The Kier molecular flexibility index (Phi) is 9.31. The highest BCUT2D eigenvalue weighted by molar-refractivity contribution is 9.09. The fourth-order valence-electron chi connectivity index (χ4n) is 3.05. The summed E-state index contributed by atoms with van der Waals surface area (Å²) in [5, 5.41) is 2.31. The predicted octanol–water partition coefficient (Wildman–Crippen LogP) is 7.44. The number of halogens is 1. The summed E-state index contributed by atoms with van der Waals surface area (Å²) < 4.78 is 12.2. The molecule has 0 amide bonds. The maximum Gasteiger partial charge on any atom is 0.127 e. The van der Waals surface area contributed by atoms with Crippen LogP contribution in [0.25, 0.3) is 10.8 Å². The van der Waals surface area contributed by atoms with Crippen molar-refractivity contribution in [3.05, 3.63) is 35.9 Å². The first kappa shape index (κ1) is 21.1. The van der Waals surface area contributed by atoms with Crippen LogP contribution in [0.4, 0.5) is 0 Å². The van der Waals surface area contributed by atoms with Gasteiger partial charge in [-0.25, -0.2) is 0 Å². The zero-order valence-electron chi connectivity index (χ0n) is 16.5. The molecule has 0 fully saturated rings. The normalized spacial score (nSPS) is 12.3. The Morgan fingerprint density at radius 3 is 2.15 bits per heavy atom. The van der Waals surface area contributed by atoms with Crippen LogP contribution in [-0.2, 0) is 0 Å². The Morgan fingerprint density at radius 1 is 0.846 bits per heavy atom. The van der Waals surface area contributed by atoms with E-state index in [4.69, 9.17) is 9.47 Å². The minimum atomic E-state index is 0.634. The van der Waals surface area contributed by atoms with E-state index in [1.807, 2.05) is 0 Å². The van der Waals surface area contributed by atoms with E-state index in [1.165, 1.54) is 37.7 Å². The molecule has 0 heterocycles. The van der Waals surface area contributed by atoms with Crippen molar-refractivity contribution in [1.82, 2.24) is 0 Å². The molecule has 0 spiro atoms. The predicted molar refractivity (Wildman–Crippen MR) is 116 cm³/mol. The Hall–Kier alpha value is -1.22. The summed E-state index contributed by atoms with van der Waals surface area (Å²) in [5.74, 6) is 1.93. The molecule has 0 N–H and O–H groups in total. The molecule has 0 aromatic heterocycles. The summed E-state index contributed by atoms with van der Waals surface area (Å²) in [6.07, 6.45) is 8.21. The maximum atomic E-state index is 6.12. The lowest BCUT2D eigenvalue weighted by Crippen LogP contribution is -2.02. The summed E-state index contributed by atoms with van der Waals surface area (Å²) in [7, 11) is 0. The van der Waals surface area contributed by atoms with E-state index < -0.39 is 0 Å². The molecular formula is C23H33BrO2. The number of ether oxygens (including phenoxy) is 2. The second-order valence-corrected chi connectivity index (χ2v) is 8.31. The average Bonchev–Trinajstić information content (AvgIpc) is 2.65. The van der Waals surface area contributed by atoms with Gasteiger partial charge in [0.2, 0.25) is 0 Å². The van der Waals surface area contributed by atoms with E-state index >= 15 is 0 Å². The number of hydrogen-bond donors (Lipinski definition) is 0. The molecule has 0 bridgehead atoms. The molecule has 1 unspecified atom stereocenters. The van der Waals surface area contributed by atoms with Gasteiger partial charge >= 0.3 is 0 Å². The molecule has 2 rings (SSSR count). The number of hydrogen-bond acceptors (Lipinski definition) is 2. The van der Waals surface area contributed by atoms with Gasteiger partial charge in [-0.15, -0.1) is 0 Å². The molecule has 3 heteroatoms. The summed E-state index contributed by atoms with van der Waals surface area (Å²) >= 11 is 3.70. The Morgan fingerprint density at radius 2 is 1.50 bits per heavy atom. The summed E-state index contributed by atoms with van der Waals surface area (Å²) in [4.78, 5) is 0.634. The number of alkyl halides is 1. The molecule has 26 heavy (non-hydrogen) atoms. The Labute approximate surface area is 167 Å². The first-order chi connectivity index (χ1) is 12.7. The first-order valence-electron chi connectivity index (χ1n) is 10.1. The van der Waals surface area contributed by atoms with Crippen molar-refractivity contribution in [3.8, 4) is 11.5 Å². The zero-order chi connectivity index (χ0) is 18.8. The molecule has 2 nitrogen and oxygen atoms in total. The van der Waals surface area contributed by atoms with E-state index in [9.17, 15) is 0 Å². The van der Waals surface area contributed by atoms with Gasteiger partial charge in [0.25, 0.3) is 0 Å². The highest BCUT2D eigenvalue weighted by Crippen LogP contribution is 2.34. The van der Waals surface area contributed by atoms with Gasteiger partial charge in [0.15, 0.2) is 0 Å². The fourth-order valence-corrected chi connectivity index (χ4v) is 3.37. The maximum absolute atomic E-state index is 6.12. The molecule has 0 aliphatic heterocycles. The molecule has 2 aromatic rings. The monoisotopic (exact) mass is 420 g/mol. The molecule has 0 saturated carbocycles. The van der Waals surface area contributed by atoms with Crippen molar-refractivity contribution >= 4 is 26.7 Å². The van der Waals surface area contributed by atoms with E-state index in [1.54, 1.807) is 0 Å². The number of unbranched alkanes of at least 4 members (excludes halogenated alkanes) is 3. The van der Waals surface area contributed by atoms with Crippen LogP contribution in [0.5, 0.6) is 11.5 Å². The Bertz CT molecular complexity index is 669. The van der Waals surface area contributed by atoms with Crippen LogP contribution in [0.2, 0.25) is 0 Å². The van der Waals surface area contributed by atoms with Gasteiger partial charge < -0.3 is 9.47 Å². The van der Waals surface area contributed by atoms with Gasteiger partial charge in [-0.1, -0.05) is 60.3 Å². The second kappa shape index (κ2) is 11.5. The SMILES string of the molecule is CCCCCOc1ccc(OCCCCC(Br)CC)c2cc(C)ccc12. The summed E-state index contributed by atoms with van der Waals surface area (Å²) in [5.41, 5.74) is 1.25. The van der Waals surface area contributed by atoms with Gasteiger partial charge in [0, 0.05) is 15.6 Å². The molecule has 2 aromatic carbocycles. The van der Waals surface area contributed by atoms with Crippen molar-refractivity contribution in [3.63, 3.8) is 0 Å². The van der Waals surface area contributed by atoms with Crippen LogP contribution in [0.1, 0.15) is 64.4 Å². The largest absolute Gasteiger partial charge is 0.493 e. The number of fused-ring (bicyclic) bond motifs is 1. The fraction of sp³-hybridized carbons (Fsp3) is 0.565. The van der Waals surface area contributed by atoms with Crippen molar-refractivity contribution in [1.29, 1.82) is 0 Å². The molecular weight excluding hydrogens is 388 g/mol. The van der Waals surface area contributed by atoms with Crippen LogP contribution < -0.4 is 9.47 Å². The third-order valence-corrected chi connectivity index (χ3v) is 5.82. The molecule has 0 aliphatic rings. The van der Waals surface area contributed by atoms with Gasteiger partial charge in [0.05, 0.1) is 13.2 Å². The lowest BCUT2D eigenvalue weighted by atomic mass is 10.1. The quantitative estimate of drug-likeness (QED) is 0.262. The van der Waals surface area contributed by atoms with E-state index in [2.05, 4.69) is 67.0 Å². The average molecular weight is 421 g/mol. The topological polar surface area (TPSA) is 18.5 Å². The minimum Gasteiger partial charge on any atom is -0.493 e. The molecule has 0 radical (unpaired) electrons. The van der Waals surface area contributed by atoms with Crippen LogP contribution in [0.15, 0.2) is 30.3 Å². The smallest absolute Gasteiger partial charge is 0.127 e. The molecule has 1 atom stereocenters. The molecule has 0 aliphatic carbocycles. The lowest BCUT2D eigenvalue weighted by molar-refractivity contribution is 0.302. The van der Waals surface area contributed by atoms with Crippen molar-refractivity contribution in [2.75, 3.05) is 13.2 Å². The first-order valence-corrected chi connectivity index (χ1v) is 11.0. The van der Waals surface area contributed by atoms with Crippen molar-refractivity contribution < 1.29 is 9.47 Å². The molecule has 144 valence electrons. The number of rotatable bonds is 12. The third kappa shape index (κ3) is 6.50. The van der Waals surface area contributed by atoms with Crippen LogP contribution in [0, 0.1) is 6.92 Å². The van der Waals surface area contributed by atoms with Crippen molar-refractivity contribution in [2.24, 2.45) is 0 Å². The van der Waals surface area contributed by atoms with E-state index in [0.717, 1.165) is 48.3 Å². The highest BCUT2D eigenvalue weighted by atomic mass is 79.9. The summed E-state index contributed by atoms with van der Waals surface area (Å²) in [6, 6.07) is 10.6. The lowest BCUT2D eigenvalue weighted by Gasteiger charge is -2.14. The van der Waals surface area contributed by atoms with Gasteiger partial charge in [-0.2, -0.15) is 0 Å². The van der Waals surface area contributed by atoms with Crippen LogP contribution >= 0.6 is 15.9 Å². The summed E-state index contributed by atoms with van der Waals surface area (Å²) in [6.45, 7) is 8.10. The second-order valence-electron chi connectivity index (χ2n) is 7.02. The van der Waals surface area contributed by atoms with E-state index in [0.29, 0.717) is 4.83 Å². The number of benzene rings is 2. The van der Waals surface area contributed by atoms with Crippen LogP contribution in [0.3, 0.4) is 0 Å². The number of aryl methyl sites for hydroxylation is 1. The van der Waals surface area contributed by atoms with Gasteiger partial charge in [0.1, 0.15) is 11.5 Å².